The van der Waals surface area contributed by atoms with E-state index in [4.69, 9.17) is 0 Å². The second kappa shape index (κ2) is 10.3. The van der Waals surface area contributed by atoms with Crippen LogP contribution < -0.4 is 0 Å². The molecule has 0 aliphatic carbocycles. The Bertz CT molecular complexity index is 116. The van der Waals surface area contributed by atoms with Gasteiger partial charge in [-0.05, 0) is 0 Å². The van der Waals surface area contributed by atoms with Crippen LogP contribution in [0.15, 0.2) is 6.99 Å². The quantitative estimate of drug-likeness (QED) is 0.671. The zero-order valence-electron chi connectivity index (χ0n) is 7.55. The molecule has 0 spiro atoms. The topological polar surface area (TPSA) is 24.7 Å². The van der Waals surface area contributed by atoms with Crippen molar-refractivity contribution < 1.29 is 18.2 Å². The molecule has 0 rings (SSSR count). The van der Waals surface area contributed by atoms with Crippen LogP contribution in [0.3, 0.4) is 0 Å². The van der Waals surface area contributed by atoms with Crippen LogP contribution in [-0.4, -0.2) is 13.1 Å². The zero-order valence-corrected chi connectivity index (χ0v) is 10.5. The fraction of sp³-hybridized carbons (Fsp3) is 1.00. The Labute approximate surface area is 78.0 Å². The van der Waals surface area contributed by atoms with Gasteiger partial charge in [-0.25, -0.2) is 0 Å². The van der Waals surface area contributed by atoms with Crippen molar-refractivity contribution in [1.29, 1.82) is 0 Å². The molecule has 0 bridgehead atoms. The van der Waals surface area contributed by atoms with Crippen LogP contribution in [0.4, 0.5) is 0 Å². The molecule has 0 unspecified atom stereocenters. The summed E-state index contributed by atoms with van der Waals surface area (Å²) in [7, 11) is 0. The first-order chi connectivity index (χ1) is 5.41. The van der Waals surface area contributed by atoms with Crippen molar-refractivity contribution >= 4 is 0 Å². The van der Waals surface area contributed by atoms with Gasteiger partial charge in [-0.1, -0.05) is 0 Å². The molecule has 0 aliphatic heterocycles. The van der Waals surface area contributed by atoms with Crippen molar-refractivity contribution in [2.45, 2.75) is 39.5 Å². The second-order valence-electron chi connectivity index (χ2n) is 2.49. The van der Waals surface area contributed by atoms with E-state index in [1.807, 2.05) is 0 Å². The van der Waals surface area contributed by atoms with Gasteiger partial charge < -0.3 is 0 Å². The van der Waals surface area contributed by atoms with Crippen LogP contribution in [0.2, 0.25) is 0 Å². The van der Waals surface area contributed by atoms with E-state index in [2.05, 4.69) is 20.8 Å². The summed E-state index contributed by atoms with van der Waals surface area (Å²) in [5.74, 6) is 0. The van der Waals surface area contributed by atoms with Crippen molar-refractivity contribution in [3.05, 3.63) is 0 Å². The van der Waals surface area contributed by atoms with E-state index in [-0.39, 0.29) is 0 Å². The van der Waals surface area contributed by atoms with Crippen LogP contribution in [-0.2, 0) is 18.2 Å². The third-order valence-corrected chi connectivity index (χ3v) is 3.46. The molecule has 0 saturated carbocycles. The van der Waals surface area contributed by atoms with Gasteiger partial charge >= 0.3 is 77.8 Å². The van der Waals surface area contributed by atoms with E-state index in [0.717, 1.165) is 13.1 Å². The summed E-state index contributed by atoms with van der Waals surface area (Å²) in [5.41, 5.74) is 0. The summed E-state index contributed by atoms with van der Waals surface area (Å²) >= 11 is -0.600. The fourth-order valence-corrected chi connectivity index (χ4v) is 2.38. The molecule has 3 heteroatoms. The molecule has 0 heterocycles. The van der Waals surface area contributed by atoms with Crippen molar-refractivity contribution in [2.24, 2.45) is 6.99 Å². The monoisotopic (exact) mass is 326 g/mol. The molecule has 0 aromatic rings. The van der Waals surface area contributed by atoms with Gasteiger partial charge in [0, 0.05) is 0 Å². The predicted molar refractivity (Wildman–Crippen MR) is 44.4 cm³/mol. The molecule has 0 radical (unpaired) electrons. The Morgan fingerprint density at radius 2 is 1.36 bits per heavy atom. The molecule has 0 saturated heterocycles. The first-order valence-electron chi connectivity index (χ1n) is 4.41. The summed E-state index contributed by atoms with van der Waals surface area (Å²) < 4.78 is 8.87. The molecule has 0 fully saturated rings. The maximum absolute atomic E-state index is 4.43. The standard InChI is InChI=1S/2C4H9N.W/c2*1-2-3-4-5;/h2*2-4H2,1H3;. The molecule has 2 nitrogen and oxygen atoms in total. The molecule has 11 heavy (non-hydrogen) atoms. The van der Waals surface area contributed by atoms with E-state index in [1.165, 1.54) is 25.7 Å². The average Bonchev–Trinajstić information content (AvgIpc) is 2.03. The number of nitrogens with zero attached hydrogens (tertiary/aromatic N) is 2. The van der Waals surface area contributed by atoms with Gasteiger partial charge in [-0.15, -0.1) is 0 Å². The summed E-state index contributed by atoms with van der Waals surface area (Å²) in [6.07, 6.45) is 5.03. The second-order valence-corrected chi connectivity index (χ2v) is 4.94. The SMILES string of the molecule is CCCC[N]=[W]=[N]CCCC. The van der Waals surface area contributed by atoms with Gasteiger partial charge in [0.05, 0.1) is 0 Å². The number of unbranched alkanes of at least 4 members (excludes halogenated alkanes) is 2. The van der Waals surface area contributed by atoms with Crippen molar-refractivity contribution in [2.75, 3.05) is 13.1 Å². The Morgan fingerprint density at radius 3 is 1.73 bits per heavy atom. The van der Waals surface area contributed by atoms with E-state index in [9.17, 15) is 0 Å². The Kier molecular flexibility index (Phi) is 10.6. The van der Waals surface area contributed by atoms with Gasteiger partial charge in [0.25, 0.3) is 0 Å². The van der Waals surface area contributed by atoms with Gasteiger partial charge in [0.1, 0.15) is 0 Å². The number of hydrogen-bond donors (Lipinski definition) is 0. The average molecular weight is 326 g/mol. The van der Waals surface area contributed by atoms with Crippen molar-refractivity contribution in [1.82, 2.24) is 0 Å². The minimum absolute atomic E-state index is 0.600. The molecular formula is C8H18N2W. The van der Waals surface area contributed by atoms with Crippen LogP contribution in [0.25, 0.3) is 0 Å². The normalized spacial score (nSPS) is 9.27. The van der Waals surface area contributed by atoms with Crippen LogP contribution >= 0.6 is 0 Å². The van der Waals surface area contributed by atoms with E-state index >= 15 is 0 Å². The van der Waals surface area contributed by atoms with Crippen molar-refractivity contribution in [3.63, 3.8) is 0 Å². The zero-order chi connectivity index (χ0) is 8.36. The predicted octanol–water partition coefficient (Wildman–Crippen LogP) is 3.04. The molecule has 0 aromatic carbocycles. The van der Waals surface area contributed by atoms with Gasteiger partial charge in [-0.2, -0.15) is 0 Å². The molecule has 66 valence electrons. The van der Waals surface area contributed by atoms with Crippen molar-refractivity contribution in [3.8, 4) is 0 Å². The Morgan fingerprint density at radius 1 is 0.909 bits per heavy atom. The minimum atomic E-state index is -0.600. The molecule has 0 aliphatic rings. The third-order valence-electron chi connectivity index (χ3n) is 1.32. The summed E-state index contributed by atoms with van der Waals surface area (Å²) in [5, 5.41) is 0. The third kappa shape index (κ3) is 10.3. The number of hydrogen-bond acceptors (Lipinski definition) is 2. The van der Waals surface area contributed by atoms with Crippen LogP contribution in [0, 0.1) is 0 Å². The first-order valence-corrected chi connectivity index (χ1v) is 7.04. The first kappa shape index (κ1) is 11.3. The van der Waals surface area contributed by atoms with E-state index < -0.39 is 18.2 Å². The summed E-state index contributed by atoms with van der Waals surface area (Å²) in [6, 6.07) is 0. The van der Waals surface area contributed by atoms with E-state index in [0.29, 0.717) is 0 Å². The van der Waals surface area contributed by atoms with Crippen LogP contribution in [0.1, 0.15) is 39.5 Å². The molecule has 0 aromatic heterocycles. The fourth-order valence-electron chi connectivity index (χ4n) is 0.568. The van der Waals surface area contributed by atoms with Crippen LogP contribution in [0.5, 0.6) is 0 Å². The summed E-state index contributed by atoms with van der Waals surface area (Å²) in [4.78, 5) is 0. The molecular weight excluding hydrogens is 308 g/mol. The Hall–Kier alpha value is 0.288. The maximum atomic E-state index is 4.43. The summed E-state index contributed by atoms with van der Waals surface area (Å²) in [6.45, 7) is 6.54. The molecule has 0 amide bonds. The van der Waals surface area contributed by atoms with Gasteiger partial charge in [0.2, 0.25) is 0 Å². The molecule has 0 N–H and O–H groups in total. The van der Waals surface area contributed by atoms with Gasteiger partial charge in [0.15, 0.2) is 0 Å². The van der Waals surface area contributed by atoms with Gasteiger partial charge in [-0.3, -0.25) is 0 Å². The Balaban J connectivity index is 3.17. The number of rotatable bonds is 6. The molecule has 0 atom stereocenters. The van der Waals surface area contributed by atoms with E-state index in [1.54, 1.807) is 0 Å².